The second kappa shape index (κ2) is 8.25. The van der Waals surface area contributed by atoms with Gasteiger partial charge < -0.3 is 25.3 Å². The SMILES string of the molecule is COc1cc(Nc2ncc3cc(C(=O)N(C)C)n(C4CCCC4)c3n2)ccc1C(N)=O. The van der Waals surface area contributed by atoms with Gasteiger partial charge in [-0.25, -0.2) is 4.98 Å². The molecule has 0 bridgehead atoms. The zero-order valence-corrected chi connectivity index (χ0v) is 17.9. The van der Waals surface area contributed by atoms with E-state index in [2.05, 4.69) is 14.9 Å². The average molecular weight is 422 g/mol. The van der Waals surface area contributed by atoms with Crippen molar-refractivity contribution in [3.63, 3.8) is 0 Å². The Bertz CT molecular complexity index is 1150. The van der Waals surface area contributed by atoms with E-state index in [1.54, 1.807) is 43.4 Å². The van der Waals surface area contributed by atoms with Crippen LogP contribution in [0.25, 0.3) is 11.0 Å². The van der Waals surface area contributed by atoms with Crippen molar-refractivity contribution in [2.75, 3.05) is 26.5 Å². The summed E-state index contributed by atoms with van der Waals surface area (Å²) in [6.45, 7) is 0. The topological polar surface area (TPSA) is 115 Å². The van der Waals surface area contributed by atoms with Crippen LogP contribution in [0.1, 0.15) is 52.6 Å². The number of nitrogens with zero attached hydrogens (tertiary/aromatic N) is 4. The van der Waals surface area contributed by atoms with Gasteiger partial charge in [-0.1, -0.05) is 12.8 Å². The first-order chi connectivity index (χ1) is 14.9. The van der Waals surface area contributed by atoms with Gasteiger partial charge in [0.05, 0.1) is 12.7 Å². The smallest absolute Gasteiger partial charge is 0.270 e. The Morgan fingerprint density at radius 2 is 1.97 bits per heavy atom. The molecular weight excluding hydrogens is 396 g/mol. The van der Waals surface area contributed by atoms with Gasteiger partial charge in [0.2, 0.25) is 5.95 Å². The van der Waals surface area contributed by atoms with E-state index in [0.29, 0.717) is 28.6 Å². The lowest BCUT2D eigenvalue weighted by molar-refractivity contribution is 0.0815. The summed E-state index contributed by atoms with van der Waals surface area (Å²) in [5, 5.41) is 3.98. The third-order valence-corrected chi connectivity index (χ3v) is 5.61. The molecule has 1 aromatic carbocycles. The first-order valence-electron chi connectivity index (χ1n) is 10.2. The highest BCUT2D eigenvalue weighted by atomic mass is 16.5. The maximum atomic E-state index is 12.8. The highest BCUT2D eigenvalue weighted by Gasteiger charge is 2.26. The van der Waals surface area contributed by atoms with Crippen LogP contribution in [0, 0.1) is 0 Å². The van der Waals surface area contributed by atoms with Gasteiger partial charge >= 0.3 is 0 Å². The number of hydrogen-bond donors (Lipinski definition) is 2. The summed E-state index contributed by atoms with van der Waals surface area (Å²) >= 11 is 0. The first kappa shape index (κ1) is 20.6. The number of aromatic nitrogens is 3. The summed E-state index contributed by atoms with van der Waals surface area (Å²) < 4.78 is 7.33. The molecule has 1 aliphatic carbocycles. The number of ether oxygens (including phenoxy) is 1. The van der Waals surface area contributed by atoms with Gasteiger partial charge in [0, 0.05) is 43.5 Å². The zero-order valence-electron chi connectivity index (χ0n) is 17.9. The Morgan fingerprint density at radius 3 is 2.61 bits per heavy atom. The fourth-order valence-corrected chi connectivity index (χ4v) is 4.10. The van der Waals surface area contributed by atoms with Gasteiger partial charge in [-0.05, 0) is 31.0 Å². The second-order valence-corrected chi connectivity index (χ2v) is 7.91. The molecule has 1 aliphatic rings. The number of fused-ring (bicyclic) bond motifs is 1. The lowest BCUT2D eigenvalue weighted by Gasteiger charge is -2.19. The van der Waals surface area contributed by atoms with Crippen LogP contribution in [0.2, 0.25) is 0 Å². The number of amides is 2. The lowest BCUT2D eigenvalue weighted by Crippen LogP contribution is -2.25. The second-order valence-electron chi connectivity index (χ2n) is 7.91. The summed E-state index contributed by atoms with van der Waals surface area (Å²) in [5.74, 6) is 0.147. The molecule has 2 heterocycles. The largest absolute Gasteiger partial charge is 0.496 e. The van der Waals surface area contributed by atoms with E-state index in [1.165, 1.54) is 7.11 Å². The van der Waals surface area contributed by atoms with Crippen LogP contribution < -0.4 is 15.8 Å². The lowest BCUT2D eigenvalue weighted by atomic mass is 10.1. The van der Waals surface area contributed by atoms with Crippen molar-refractivity contribution < 1.29 is 14.3 Å². The molecule has 2 aromatic heterocycles. The fraction of sp³-hybridized carbons (Fsp3) is 0.364. The number of methoxy groups -OCH3 is 1. The quantitative estimate of drug-likeness (QED) is 0.631. The van der Waals surface area contributed by atoms with Crippen molar-refractivity contribution in [1.82, 2.24) is 19.4 Å². The molecule has 2 amide bonds. The number of benzene rings is 1. The van der Waals surface area contributed by atoms with Crippen LogP contribution in [0.15, 0.2) is 30.5 Å². The Morgan fingerprint density at radius 1 is 1.23 bits per heavy atom. The van der Waals surface area contributed by atoms with E-state index < -0.39 is 5.91 Å². The third-order valence-electron chi connectivity index (χ3n) is 5.61. The molecule has 0 unspecified atom stereocenters. The van der Waals surface area contributed by atoms with E-state index >= 15 is 0 Å². The van der Waals surface area contributed by atoms with E-state index in [1.807, 2.05) is 6.07 Å². The molecule has 0 saturated heterocycles. The van der Waals surface area contributed by atoms with Crippen molar-refractivity contribution in [3.8, 4) is 5.75 Å². The number of carbonyl (C=O) groups is 2. The number of carbonyl (C=O) groups excluding carboxylic acids is 2. The number of hydrogen-bond acceptors (Lipinski definition) is 6. The van der Waals surface area contributed by atoms with Crippen LogP contribution >= 0.6 is 0 Å². The molecule has 3 N–H and O–H groups in total. The fourth-order valence-electron chi connectivity index (χ4n) is 4.10. The number of nitrogens with one attached hydrogen (secondary N) is 1. The standard InChI is InChI=1S/C22H26N6O3/c1-27(2)21(30)17-10-13-12-24-22(26-20(13)28(17)15-6-4-5-7-15)25-14-8-9-16(19(23)29)18(11-14)31-3/h8-12,15H,4-7H2,1-3H3,(H2,23,29)(H,24,25,26). The number of anilines is 2. The van der Waals surface area contributed by atoms with Crippen molar-refractivity contribution in [2.24, 2.45) is 5.73 Å². The Balaban J connectivity index is 1.74. The minimum atomic E-state index is -0.562. The number of primary amides is 1. The Kier molecular flexibility index (Phi) is 5.50. The summed E-state index contributed by atoms with van der Waals surface area (Å²) in [6.07, 6.45) is 6.05. The van der Waals surface area contributed by atoms with Gasteiger partial charge in [0.1, 0.15) is 17.1 Å². The molecule has 4 rings (SSSR count). The predicted octanol–water partition coefficient (Wildman–Crippen LogP) is 3.10. The average Bonchev–Trinajstić information content (AvgIpc) is 3.40. The molecule has 0 spiro atoms. The maximum absolute atomic E-state index is 12.8. The van der Waals surface area contributed by atoms with Crippen molar-refractivity contribution in [1.29, 1.82) is 0 Å². The van der Waals surface area contributed by atoms with Gasteiger partial charge in [-0.15, -0.1) is 0 Å². The number of rotatable bonds is 6. The highest BCUT2D eigenvalue weighted by Crippen LogP contribution is 2.35. The van der Waals surface area contributed by atoms with Crippen LogP contribution in [0.4, 0.5) is 11.6 Å². The molecule has 1 saturated carbocycles. The predicted molar refractivity (Wildman–Crippen MR) is 118 cm³/mol. The zero-order chi connectivity index (χ0) is 22.1. The molecule has 1 fully saturated rings. The van der Waals surface area contributed by atoms with Crippen molar-refractivity contribution in [3.05, 3.63) is 41.7 Å². The summed E-state index contributed by atoms with van der Waals surface area (Å²) in [7, 11) is 4.98. The van der Waals surface area contributed by atoms with Crippen molar-refractivity contribution >= 4 is 34.5 Å². The third kappa shape index (κ3) is 3.90. The van der Waals surface area contributed by atoms with E-state index in [9.17, 15) is 9.59 Å². The molecular formula is C22H26N6O3. The van der Waals surface area contributed by atoms with E-state index in [4.69, 9.17) is 15.5 Å². The monoisotopic (exact) mass is 422 g/mol. The van der Waals surface area contributed by atoms with Gasteiger partial charge in [-0.3, -0.25) is 9.59 Å². The summed E-state index contributed by atoms with van der Waals surface area (Å²) in [5.41, 5.74) is 7.70. The Labute approximate surface area is 180 Å². The van der Waals surface area contributed by atoms with Gasteiger partial charge in [0.15, 0.2) is 0 Å². The minimum Gasteiger partial charge on any atom is -0.496 e. The minimum absolute atomic E-state index is 0.0498. The van der Waals surface area contributed by atoms with E-state index in [-0.39, 0.29) is 11.9 Å². The normalized spacial score (nSPS) is 14.0. The Hall–Kier alpha value is -3.62. The van der Waals surface area contributed by atoms with Crippen LogP contribution in [-0.2, 0) is 0 Å². The molecule has 9 heteroatoms. The van der Waals surface area contributed by atoms with Gasteiger partial charge in [-0.2, -0.15) is 4.98 Å². The van der Waals surface area contributed by atoms with Gasteiger partial charge in [0.25, 0.3) is 11.8 Å². The van der Waals surface area contributed by atoms with Crippen LogP contribution in [0.3, 0.4) is 0 Å². The van der Waals surface area contributed by atoms with Crippen molar-refractivity contribution in [2.45, 2.75) is 31.7 Å². The molecule has 3 aromatic rings. The molecule has 0 atom stereocenters. The number of nitrogens with two attached hydrogens (primary N) is 1. The van der Waals surface area contributed by atoms with Crippen LogP contribution in [0.5, 0.6) is 5.75 Å². The molecule has 31 heavy (non-hydrogen) atoms. The molecule has 0 radical (unpaired) electrons. The first-order valence-corrected chi connectivity index (χ1v) is 10.2. The summed E-state index contributed by atoms with van der Waals surface area (Å²) in [6, 6.07) is 7.09. The molecule has 9 nitrogen and oxygen atoms in total. The molecule has 0 aliphatic heterocycles. The van der Waals surface area contributed by atoms with E-state index in [0.717, 1.165) is 36.7 Å². The highest BCUT2D eigenvalue weighted by molar-refractivity contribution is 5.98. The molecule has 162 valence electrons. The van der Waals surface area contributed by atoms with Crippen LogP contribution in [-0.4, -0.2) is 52.5 Å². The maximum Gasteiger partial charge on any atom is 0.270 e. The summed E-state index contributed by atoms with van der Waals surface area (Å²) in [4.78, 5) is 35.1.